The van der Waals surface area contributed by atoms with E-state index in [0.717, 1.165) is 25.5 Å². The Morgan fingerprint density at radius 2 is 2.16 bits per heavy atom. The first-order valence-corrected chi connectivity index (χ1v) is 7.53. The molecule has 1 aromatic carbocycles. The third-order valence-corrected chi connectivity index (χ3v) is 4.85. The largest absolute Gasteiger partial charge is 0.394 e. The lowest BCUT2D eigenvalue weighted by atomic mass is 9.97. The minimum atomic E-state index is -0.566. The molecule has 0 spiro atoms. The summed E-state index contributed by atoms with van der Waals surface area (Å²) in [6.45, 7) is 2.81. The monoisotopic (exact) mass is 287 g/mol. The van der Waals surface area contributed by atoms with E-state index in [1.807, 2.05) is 6.92 Å². The van der Waals surface area contributed by atoms with E-state index < -0.39 is 11.6 Å². The predicted molar refractivity (Wildman–Crippen MR) is 73.3 cm³/mol. The predicted octanol–water partition coefficient (Wildman–Crippen LogP) is 2.81. The van der Waals surface area contributed by atoms with Crippen LogP contribution in [0.1, 0.15) is 19.8 Å². The van der Waals surface area contributed by atoms with Crippen molar-refractivity contribution >= 4 is 11.8 Å². The summed E-state index contributed by atoms with van der Waals surface area (Å²) in [5.74, 6) is -0.0633. The SMILES string of the molecule is CCNC(CO)(CSc1ccc(F)cc1F)C1CC1. The lowest BCUT2D eigenvalue weighted by molar-refractivity contribution is 0.161. The Bertz CT molecular complexity index is 439. The van der Waals surface area contributed by atoms with Crippen molar-refractivity contribution in [3.8, 4) is 0 Å². The van der Waals surface area contributed by atoms with Crippen LogP contribution in [-0.4, -0.2) is 29.5 Å². The Hall–Kier alpha value is -0.650. The molecule has 1 atom stereocenters. The van der Waals surface area contributed by atoms with E-state index in [4.69, 9.17) is 0 Å². The van der Waals surface area contributed by atoms with Gasteiger partial charge in [0.15, 0.2) is 0 Å². The van der Waals surface area contributed by atoms with E-state index in [2.05, 4.69) is 5.32 Å². The summed E-state index contributed by atoms with van der Waals surface area (Å²) in [6.07, 6.45) is 2.19. The molecule has 2 N–H and O–H groups in total. The van der Waals surface area contributed by atoms with Crippen molar-refractivity contribution in [2.24, 2.45) is 5.92 Å². The van der Waals surface area contributed by atoms with Crippen LogP contribution < -0.4 is 5.32 Å². The summed E-state index contributed by atoms with van der Waals surface area (Å²) in [5, 5.41) is 13.0. The van der Waals surface area contributed by atoms with Crippen LogP contribution in [0.15, 0.2) is 23.1 Å². The van der Waals surface area contributed by atoms with Crippen molar-refractivity contribution in [3.63, 3.8) is 0 Å². The number of aliphatic hydroxyl groups excluding tert-OH is 1. The van der Waals surface area contributed by atoms with Crippen LogP contribution in [0.4, 0.5) is 8.78 Å². The number of thioether (sulfide) groups is 1. The van der Waals surface area contributed by atoms with E-state index in [-0.39, 0.29) is 12.1 Å². The van der Waals surface area contributed by atoms with Crippen LogP contribution in [0.25, 0.3) is 0 Å². The van der Waals surface area contributed by atoms with Crippen LogP contribution in [0, 0.1) is 17.6 Å². The maximum atomic E-state index is 13.6. The van der Waals surface area contributed by atoms with Gasteiger partial charge in [0.1, 0.15) is 11.6 Å². The van der Waals surface area contributed by atoms with Gasteiger partial charge in [-0.15, -0.1) is 11.8 Å². The lowest BCUT2D eigenvalue weighted by Gasteiger charge is -2.33. The molecule has 5 heteroatoms. The third kappa shape index (κ3) is 3.46. The molecule has 106 valence electrons. The first-order valence-electron chi connectivity index (χ1n) is 6.55. The van der Waals surface area contributed by atoms with Gasteiger partial charge in [0, 0.05) is 16.7 Å². The molecule has 2 nitrogen and oxygen atoms in total. The number of hydrogen-bond donors (Lipinski definition) is 2. The summed E-state index contributed by atoms with van der Waals surface area (Å²) in [4.78, 5) is 0.428. The zero-order chi connectivity index (χ0) is 13.9. The summed E-state index contributed by atoms with van der Waals surface area (Å²) in [6, 6.07) is 3.61. The molecule has 0 amide bonds. The van der Waals surface area contributed by atoms with Gasteiger partial charge in [-0.05, 0) is 37.4 Å². The second-order valence-electron chi connectivity index (χ2n) is 4.98. The van der Waals surface area contributed by atoms with Gasteiger partial charge in [0.25, 0.3) is 0 Å². The minimum absolute atomic E-state index is 0.0430. The fraction of sp³-hybridized carbons (Fsp3) is 0.571. The van der Waals surface area contributed by atoms with Gasteiger partial charge in [-0.3, -0.25) is 0 Å². The Morgan fingerprint density at radius 1 is 1.42 bits per heavy atom. The molecule has 19 heavy (non-hydrogen) atoms. The topological polar surface area (TPSA) is 32.3 Å². The first kappa shape index (κ1) is 14.8. The zero-order valence-corrected chi connectivity index (χ0v) is 11.8. The number of halogens is 2. The minimum Gasteiger partial charge on any atom is -0.394 e. The smallest absolute Gasteiger partial charge is 0.139 e. The number of aliphatic hydroxyl groups is 1. The number of nitrogens with one attached hydrogen (secondary N) is 1. The molecule has 0 aromatic heterocycles. The van der Waals surface area contributed by atoms with Gasteiger partial charge in [-0.1, -0.05) is 6.92 Å². The van der Waals surface area contributed by atoms with Crippen molar-refractivity contribution in [1.29, 1.82) is 0 Å². The standard InChI is InChI=1S/C14H19F2NOS/c1-2-17-14(8-18,10-3-4-10)9-19-13-6-5-11(15)7-12(13)16/h5-7,10,17-18H,2-4,8-9H2,1H3. The van der Waals surface area contributed by atoms with Crippen molar-refractivity contribution in [3.05, 3.63) is 29.8 Å². The normalized spacial score (nSPS) is 18.3. The Labute approximate surface area is 116 Å². The lowest BCUT2D eigenvalue weighted by Crippen LogP contribution is -2.52. The molecule has 1 aromatic rings. The van der Waals surface area contributed by atoms with Crippen LogP contribution in [0.2, 0.25) is 0 Å². The Kier molecular flexibility index (Phi) is 4.81. The van der Waals surface area contributed by atoms with Crippen LogP contribution >= 0.6 is 11.8 Å². The molecule has 1 fully saturated rings. The molecule has 1 aliphatic rings. The van der Waals surface area contributed by atoms with E-state index in [1.54, 1.807) is 0 Å². The second-order valence-corrected chi connectivity index (χ2v) is 6.00. The van der Waals surface area contributed by atoms with Crippen molar-refractivity contribution in [2.45, 2.75) is 30.2 Å². The highest BCUT2D eigenvalue weighted by Gasteiger charge is 2.44. The highest BCUT2D eigenvalue weighted by molar-refractivity contribution is 7.99. The summed E-state index contributed by atoms with van der Waals surface area (Å²) in [7, 11) is 0. The van der Waals surface area contributed by atoms with Crippen LogP contribution in [0.3, 0.4) is 0 Å². The average molecular weight is 287 g/mol. The van der Waals surface area contributed by atoms with Gasteiger partial charge in [0.2, 0.25) is 0 Å². The van der Waals surface area contributed by atoms with Gasteiger partial charge in [-0.25, -0.2) is 8.78 Å². The molecule has 0 heterocycles. The molecule has 1 saturated carbocycles. The fourth-order valence-electron chi connectivity index (χ4n) is 2.33. The summed E-state index contributed by atoms with van der Waals surface area (Å²) in [5.41, 5.74) is -0.347. The Morgan fingerprint density at radius 3 is 2.68 bits per heavy atom. The molecule has 1 aliphatic carbocycles. The molecule has 1 unspecified atom stereocenters. The summed E-state index contributed by atoms with van der Waals surface area (Å²) < 4.78 is 26.4. The van der Waals surface area contributed by atoms with E-state index in [0.29, 0.717) is 16.6 Å². The van der Waals surface area contributed by atoms with Gasteiger partial charge in [0.05, 0.1) is 12.1 Å². The van der Waals surface area contributed by atoms with Crippen molar-refractivity contribution in [1.82, 2.24) is 5.32 Å². The number of rotatable bonds is 7. The fourth-order valence-corrected chi connectivity index (χ4v) is 3.53. The molecule has 2 rings (SSSR count). The van der Waals surface area contributed by atoms with E-state index >= 15 is 0 Å². The quantitative estimate of drug-likeness (QED) is 0.756. The number of benzene rings is 1. The molecular formula is C14H19F2NOS. The maximum absolute atomic E-state index is 13.6. The molecule has 0 saturated heterocycles. The van der Waals surface area contributed by atoms with Gasteiger partial charge >= 0.3 is 0 Å². The third-order valence-electron chi connectivity index (χ3n) is 3.55. The molecule has 0 radical (unpaired) electrons. The zero-order valence-electron chi connectivity index (χ0n) is 11.0. The van der Waals surface area contributed by atoms with Crippen molar-refractivity contribution in [2.75, 3.05) is 18.9 Å². The molecule has 0 bridgehead atoms. The average Bonchev–Trinajstić information content (AvgIpc) is 3.21. The highest BCUT2D eigenvalue weighted by Crippen LogP contribution is 2.42. The Balaban J connectivity index is 2.05. The maximum Gasteiger partial charge on any atom is 0.139 e. The van der Waals surface area contributed by atoms with E-state index in [9.17, 15) is 13.9 Å². The van der Waals surface area contributed by atoms with Gasteiger partial charge < -0.3 is 10.4 Å². The van der Waals surface area contributed by atoms with Crippen LogP contribution in [0.5, 0.6) is 0 Å². The highest BCUT2D eigenvalue weighted by atomic mass is 32.2. The summed E-state index contributed by atoms with van der Waals surface area (Å²) >= 11 is 1.33. The number of hydrogen-bond acceptors (Lipinski definition) is 3. The van der Waals surface area contributed by atoms with Gasteiger partial charge in [-0.2, -0.15) is 0 Å². The van der Waals surface area contributed by atoms with Crippen molar-refractivity contribution < 1.29 is 13.9 Å². The number of likely N-dealkylation sites (N-methyl/N-ethyl adjacent to an activating group) is 1. The first-order chi connectivity index (χ1) is 9.11. The second kappa shape index (κ2) is 6.20. The van der Waals surface area contributed by atoms with E-state index in [1.165, 1.54) is 23.9 Å². The van der Waals surface area contributed by atoms with Crippen LogP contribution in [-0.2, 0) is 0 Å². The molecular weight excluding hydrogens is 268 g/mol. The molecule has 0 aliphatic heterocycles.